The van der Waals surface area contributed by atoms with Gasteiger partial charge in [-0.1, -0.05) is 41.9 Å². The summed E-state index contributed by atoms with van der Waals surface area (Å²) in [5, 5.41) is 15.2. The maximum Gasteiger partial charge on any atom is 0.433 e. The number of nitrogens with zero attached hydrogens (tertiary/aromatic N) is 4. The molecule has 12 heteroatoms. The van der Waals surface area contributed by atoms with Gasteiger partial charge in [0.2, 0.25) is 5.91 Å². The minimum atomic E-state index is -4.51. The molecule has 2 aromatic heterocycles. The second kappa shape index (κ2) is 14.3. The molecular weight excluding hydrogens is 597 g/mol. The molecule has 0 aliphatic carbocycles. The van der Waals surface area contributed by atoms with E-state index in [1.807, 2.05) is 37.3 Å². The summed E-state index contributed by atoms with van der Waals surface area (Å²) in [6.07, 6.45) is -2.56. The number of carbonyl (C=O) groups is 2. The zero-order chi connectivity index (χ0) is 31.9. The van der Waals surface area contributed by atoms with Crippen LogP contribution >= 0.6 is 11.6 Å². The van der Waals surface area contributed by atoms with E-state index < -0.39 is 29.8 Å². The third-order valence-electron chi connectivity index (χ3n) is 6.97. The third kappa shape index (κ3) is 8.10. The van der Waals surface area contributed by atoms with Gasteiger partial charge in [0.25, 0.3) is 0 Å². The van der Waals surface area contributed by atoms with Crippen molar-refractivity contribution in [2.45, 2.75) is 51.2 Å². The summed E-state index contributed by atoms with van der Waals surface area (Å²) < 4.78 is 44.2. The Morgan fingerprint density at radius 3 is 2.41 bits per heavy atom. The van der Waals surface area contributed by atoms with Crippen LogP contribution in [0.5, 0.6) is 5.75 Å². The van der Waals surface area contributed by atoms with Gasteiger partial charge in [-0.3, -0.25) is 14.6 Å². The number of pyridine rings is 2. The summed E-state index contributed by atoms with van der Waals surface area (Å²) in [5.41, 5.74) is 2.34. The first-order valence-electron chi connectivity index (χ1n) is 13.9. The minimum absolute atomic E-state index is 0.0476. The highest BCUT2D eigenvalue weighted by molar-refractivity contribution is 6.30. The Labute approximate surface area is 257 Å². The van der Waals surface area contributed by atoms with E-state index in [0.717, 1.165) is 17.0 Å². The molecule has 8 nitrogen and oxygen atoms in total. The number of aromatic nitrogens is 2. The molecule has 0 aliphatic rings. The number of fused-ring (bicyclic) bond motifs is 1. The van der Waals surface area contributed by atoms with E-state index in [4.69, 9.17) is 21.4 Å². The molecule has 2 heterocycles. The molecule has 0 radical (unpaired) electrons. The number of alkyl halides is 3. The van der Waals surface area contributed by atoms with Crippen molar-refractivity contribution >= 4 is 41.1 Å². The van der Waals surface area contributed by atoms with Gasteiger partial charge in [0, 0.05) is 48.3 Å². The Kier molecular flexibility index (Phi) is 10.5. The number of carboxylic acid groups (broad SMARTS) is 1. The first-order valence-corrected chi connectivity index (χ1v) is 14.2. The van der Waals surface area contributed by atoms with Gasteiger partial charge in [0.1, 0.15) is 16.6 Å². The fourth-order valence-corrected chi connectivity index (χ4v) is 5.07. The molecule has 4 aromatic rings. The molecule has 0 bridgehead atoms. The second-order valence-corrected chi connectivity index (χ2v) is 10.3. The predicted octanol–water partition coefficient (Wildman–Crippen LogP) is 7.74. The number of aryl methyl sites for hydroxylation is 1. The fraction of sp³-hybridized carbons (Fsp3) is 0.281. The molecular formula is C32H30ClF3N4O4. The third-order valence-corrected chi connectivity index (χ3v) is 7.27. The van der Waals surface area contributed by atoms with Crippen molar-refractivity contribution < 1.29 is 32.6 Å². The lowest BCUT2D eigenvalue weighted by Gasteiger charge is -2.28. The molecule has 0 aliphatic heterocycles. The van der Waals surface area contributed by atoms with E-state index in [1.54, 1.807) is 18.2 Å². The topological polar surface area (TPSA) is 105 Å². The van der Waals surface area contributed by atoms with Gasteiger partial charge in [-0.25, -0.2) is 9.99 Å². The highest BCUT2D eigenvalue weighted by atomic mass is 35.5. The van der Waals surface area contributed by atoms with Gasteiger partial charge in [-0.15, -0.1) is 0 Å². The number of halogens is 4. The highest BCUT2D eigenvalue weighted by Gasteiger charge is 2.32. The summed E-state index contributed by atoms with van der Waals surface area (Å²) in [6.45, 7) is 5.97. The lowest BCUT2D eigenvalue weighted by atomic mass is 9.96. The smallest absolute Gasteiger partial charge is 0.433 e. The van der Waals surface area contributed by atoms with Crippen LogP contribution in [0, 0.1) is 0 Å². The Morgan fingerprint density at radius 1 is 1.07 bits per heavy atom. The quantitative estimate of drug-likeness (QED) is 0.0924. The highest BCUT2D eigenvalue weighted by Crippen LogP contribution is 2.35. The van der Waals surface area contributed by atoms with Gasteiger partial charge >= 0.3 is 12.1 Å². The number of hydrogen-bond acceptors (Lipinski definition) is 6. The summed E-state index contributed by atoms with van der Waals surface area (Å²) in [4.78, 5) is 32.3. The maximum absolute atomic E-state index is 13.2. The summed E-state index contributed by atoms with van der Waals surface area (Å²) in [5.74, 6) is -0.762. The maximum atomic E-state index is 13.2. The Bertz CT molecular complexity index is 1630. The fourth-order valence-electron chi connectivity index (χ4n) is 4.80. The van der Waals surface area contributed by atoms with Crippen LogP contribution in [0.1, 0.15) is 55.5 Å². The average molecular weight is 627 g/mol. The van der Waals surface area contributed by atoms with Gasteiger partial charge in [0.05, 0.1) is 18.2 Å². The van der Waals surface area contributed by atoms with Crippen molar-refractivity contribution in [1.82, 2.24) is 15.0 Å². The van der Waals surface area contributed by atoms with Crippen molar-refractivity contribution in [3.8, 4) is 16.9 Å². The molecule has 230 valence electrons. The largest absolute Gasteiger partial charge is 0.494 e. The molecule has 2 aromatic carbocycles. The molecule has 0 fully saturated rings. The first kappa shape index (κ1) is 32.4. The zero-order valence-corrected chi connectivity index (χ0v) is 24.6. The molecule has 0 saturated heterocycles. The number of carboxylic acids is 1. The van der Waals surface area contributed by atoms with Crippen LogP contribution in [0.3, 0.4) is 0 Å². The number of hydrogen-bond donors (Lipinski definition) is 1. The second-order valence-electron chi connectivity index (χ2n) is 9.96. The van der Waals surface area contributed by atoms with Gasteiger partial charge < -0.3 is 9.84 Å². The van der Waals surface area contributed by atoms with E-state index in [2.05, 4.69) is 21.8 Å². The molecule has 0 saturated carbocycles. The van der Waals surface area contributed by atoms with Crippen molar-refractivity contribution in [3.63, 3.8) is 0 Å². The molecule has 44 heavy (non-hydrogen) atoms. The van der Waals surface area contributed by atoms with Gasteiger partial charge in [-0.2, -0.15) is 18.3 Å². The standard InChI is InChI=1S/C32H30ClF3N4O4/c1-3-44-24-14-12-22-17-25(31(33)39-26(22)18-24)27(40(37-2)29(41)5-4-6-30(42)43)15-9-20-7-10-21(11-8-20)23-13-16-28(38-19-23)32(34,35)36/h7-8,10-14,16-19,27H,2-6,9,15H2,1H3,(H,42,43). The van der Waals surface area contributed by atoms with Crippen molar-refractivity contribution in [2.24, 2.45) is 5.10 Å². The number of aliphatic carboxylic acids is 1. The van der Waals surface area contributed by atoms with Crippen LogP contribution < -0.4 is 4.74 Å². The molecule has 1 atom stereocenters. The van der Waals surface area contributed by atoms with Crippen LogP contribution in [-0.4, -0.2) is 45.3 Å². The van der Waals surface area contributed by atoms with Crippen molar-refractivity contribution in [1.29, 1.82) is 0 Å². The number of benzene rings is 2. The summed E-state index contributed by atoms with van der Waals surface area (Å²) in [6, 6.07) is 16.2. The average Bonchev–Trinajstić information content (AvgIpc) is 2.99. The van der Waals surface area contributed by atoms with E-state index in [1.165, 1.54) is 17.3 Å². The Balaban J connectivity index is 1.60. The summed E-state index contributed by atoms with van der Waals surface area (Å²) in [7, 11) is 0. The molecule has 0 spiro atoms. The lowest BCUT2D eigenvalue weighted by molar-refractivity contribution is -0.141. The number of hydrazone groups is 1. The molecule has 1 unspecified atom stereocenters. The monoisotopic (exact) mass is 626 g/mol. The van der Waals surface area contributed by atoms with E-state index in [-0.39, 0.29) is 24.4 Å². The van der Waals surface area contributed by atoms with Crippen LogP contribution in [0.15, 0.2) is 72.0 Å². The Morgan fingerprint density at radius 2 is 1.80 bits per heavy atom. The van der Waals surface area contributed by atoms with Crippen LogP contribution in [-0.2, 0) is 22.2 Å². The molecule has 4 rings (SSSR count). The Hall–Kier alpha value is -4.51. The van der Waals surface area contributed by atoms with E-state index in [0.29, 0.717) is 47.4 Å². The lowest BCUT2D eigenvalue weighted by Crippen LogP contribution is -2.31. The van der Waals surface area contributed by atoms with Gasteiger partial charge in [-0.05, 0) is 61.6 Å². The first-order chi connectivity index (χ1) is 21.0. The SMILES string of the molecule is C=NN(C(=O)CCCC(=O)O)C(CCc1ccc(-c2ccc(C(F)(F)F)nc2)cc1)c1cc2ccc(OCC)cc2nc1Cl. The minimum Gasteiger partial charge on any atom is -0.494 e. The number of ether oxygens (including phenoxy) is 1. The van der Waals surface area contributed by atoms with Crippen LogP contribution in [0.4, 0.5) is 13.2 Å². The predicted molar refractivity (Wildman–Crippen MR) is 162 cm³/mol. The van der Waals surface area contributed by atoms with E-state index in [9.17, 15) is 22.8 Å². The van der Waals surface area contributed by atoms with E-state index >= 15 is 0 Å². The van der Waals surface area contributed by atoms with Gasteiger partial charge in [0.15, 0.2) is 0 Å². The molecule has 1 amide bonds. The van der Waals surface area contributed by atoms with Crippen molar-refractivity contribution in [2.75, 3.05) is 6.61 Å². The number of carbonyl (C=O) groups excluding carboxylic acids is 1. The number of rotatable bonds is 13. The number of amides is 1. The van der Waals surface area contributed by atoms with Crippen molar-refractivity contribution in [3.05, 3.63) is 88.8 Å². The normalized spacial score (nSPS) is 12.1. The molecule has 1 N–H and O–H groups in total. The van der Waals surface area contributed by atoms with Crippen LogP contribution in [0.2, 0.25) is 5.15 Å². The summed E-state index contributed by atoms with van der Waals surface area (Å²) >= 11 is 6.68. The van der Waals surface area contributed by atoms with Crippen LogP contribution in [0.25, 0.3) is 22.0 Å². The zero-order valence-electron chi connectivity index (χ0n) is 23.9.